The van der Waals surface area contributed by atoms with Crippen LogP contribution in [0.15, 0.2) is 47.3 Å². The average Bonchev–Trinajstić information content (AvgIpc) is 2.76. The number of halogens is 1. The number of carbonyl (C=O) groups is 1. The van der Waals surface area contributed by atoms with Gasteiger partial charge < -0.3 is 9.64 Å². The molecule has 0 saturated heterocycles. The van der Waals surface area contributed by atoms with Crippen LogP contribution in [-0.4, -0.2) is 34.0 Å². The molecular weight excluding hydrogens is 426 g/mol. The number of ether oxygens (including phenoxy) is 1. The van der Waals surface area contributed by atoms with E-state index < -0.39 is 0 Å². The molecule has 1 heterocycles. The van der Waals surface area contributed by atoms with Crippen LogP contribution in [0.1, 0.15) is 44.6 Å². The number of methoxy groups -OCH3 is 1. The Labute approximate surface area is 193 Å². The van der Waals surface area contributed by atoms with Crippen LogP contribution < -0.4 is 10.3 Å². The van der Waals surface area contributed by atoms with Crippen LogP contribution in [0, 0.1) is 5.92 Å². The minimum Gasteiger partial charge on any atom is -0.497 e. The second-order valence-electron chi connectivity index (χ2n) is 8.47. The molecule has 0 spiro atoms. The standard InChI is InChI=1S/C25H30ClN3O3/c1-16(2)12-13-29(23(30)14-18-6-9-20(32-5)10-7-18)17(3)24-27-22-15-19(26)8-11-21(22)25(31)28(24)4/h6-11,15-17H,12-14H2,1-5H3. The molecule has 6 nitrogen and oxygen atoms in total. The highest BCUT2D eigenvalue weighted by Crippen LogP contribution is 2.23. The van der Waals surface area contributed by atoms with E-state index in [1.54, 1.807) is 32.4 Å². The van der Waals surface area contributed by atoms with Crippen molar-refractivity contribution in [2.45, 2.75) is 39.7 Å². The Balaban J connectivity index is 1.96. The van der Waals surface area contributed by atoms with E-state index in [1.165, 1.54) is 4.57 Å². The van der Waals surface area contributed by atoms with Crippen LogP contribution in [0.25, 0.3) is 10.9 Å². The molecule has 32 heavy (non-hydrogen) atoms. The summed E-state index contributed by atoms with van der Waals surface area (Å²) in [6.07, 6.45) is 1.12. The molecular formula is C25H30ClN3O3. The highest BCUT2D eigenvalue weighted by atomic mass is 35.5. The number of rotatable bonds is 8. The molecule has 3 rings (SSSR count). The predicted molar refractivity (Wildman–Crippen MR) is 128 cm³/mol. The Morgan fingerprint density at radius 1 is 1.16 bits per heavy atom. The van der Waals surface area contributed by atoms with Crippen molar-refractivity contribution in [2.75, 3.05) is 13.7 Å². The number of amides is 1. The zero-order valence-electron chi connectivity index (χ0n) is 19.3. The molecule has 0 bridgehead atoms. The first-order valence-corrected chi connectivity index (χ1v) is 11.2. The molecule has 0 fully saturated rings. The van der Waals surface area contributed by atoms with Gasteiger partial charge in [0.25, 0.3) is 5.56 Å². The van der Waals surface area contributed by atoms with Crippen LogP contribution in [0.2, 0.25) is 5.02 Å². The van der Waals surface area contributed by atoms with Gasteiger partial charge in [0.15, 0.2) is 0 Å². The van der Waals surface area contributed by atoms with E-state index in [1.807, 2.05) is 36.1 Å². The van der Waals surface area contributed by atoms with E-state index >= 15 is 0 Å². The molecule has 1 aromatic heterocycles. The number of aromatic nitrogens is 2. The molecule has 0 aliphatic carbocycles. The Bertz CT molecular complexity index is 1160. The Kier molecular flexibility index (Phi) is 7.56. The molecule has 0 aliphatic rings. The van der Waals surface area contributed by atoms with Crippen LogP contribution in [0.4, 0.5) is 0 Å². The first-order valence-electron chi connectivity index (χ1n) is 10.8. The van der Waals surface area contributed by atoms with Gasteiger partial charge in [-0.05, 0) is 55.2 Å². The molecule has 0 N–H and O–H groups in total. The zero-order valence-corrected chi connectivity index (χ0v) is 20.0. The maximum Gasteiger partial charge on any atom is 0.261 e. The zero-order chi connectivity index (χ0) is 23.4. The van der Waals surface area contributed by atoms with Crippen molar-refractivity contribution in [3.05, 3.63) is 69.2 Å². The maximum atomic E-state index is 13.4. The SMILES string of the molecule is COc1ccc(CC(=O)N(CCC(C)C)C(C)c2nc3cc(Cl)ccc3c(=O)n2C)cc1. The molecule has 0 saturated carbocycles. The van der Waals surface area contributed by atoms with Crippen molar-refractivity contribution in [3.63, 3.8) is 0 Å². The lowest BCUT2D eigenvalue weighted by Crippen LogP contribution is -2.39. The molecule has 2 aromatic carbocycles. The van der Waals surface area contributed by atoms with E-state index in [9.17, 15) is 9.59 Å². The number of benzene rings is 2. The van der Waals surface area contributed by atoms with Gasteiger partial charge >= 0.3 is 0 Å². The summed E-state index contributed by atoms with van der Waals surface area (Å²) in [5.74, 6) is 1.71. The predicted octanol–water partition coefficient (Wildman–Crippen LogP) is 4.77. The number of hydrogen-bond acceptors (Lipinski definition) is 4. The third kappa shape index (κ3) is 5.30. The molecule has 1 unspecified atom stereocenters. The molecule has 0 aliphatic heterocycles. The van der Waals surface area contributed by atoms with Crippen molar-refractivity contribution in [1.82, 2.24) is 14.5 Å². The lowest BCUT2D eigenvalue weighted by molar-refractivity contribution is -0.133. The number of fused-ring (bicyclic) bond motifs is 1. The largest absolute Gasteiger partial charge is 0.497 e. The second kappa shape index (κ2) is 10.2. The van der Waals surface area contributed by atoms with Gasteiger partial charge in [0.2, 0.25) is 5.91 Å². The van der Waals surface area contributed by atoms with Gasteiger partial charge in [-0.15, -0.1) is 0 Å². The van der Waals surface area contributed by atoms with Crippen LogP contribution in [0.3, 0.4) is 0 Å². The summed E-state index contributed by atoms with van der Waals surface area (Å²) < 4.78 is 6.74. The summed E-state index contributed by atoms with van der Waals surface area (Å²) in [6.45, 7) is 6.76. The lowest BCUT2D eigenvalue weighted by Gasteiger charge is -2.31. The van der Waals surface area contributed by atoms with Crippen molar-refractivity contribution in [3.8, 4) is 5.75 Å². The Hall–Kier alpha value is -2.86. The summed E-state index contributed by atoms with van der Waals surface area (Å²) in [5.41, 5.74) is 1.29. The smallest absolute Gasteiger partial charge is 0.261 e. The Morgan fingerprint density at radius 3 is 2.47 bits per heavy atom. The first kappa shape index (κ1) is 23.8. The maximum absolute atomic E-state index is 13.4. The number of nitrogens with zero attached hydrogens (tertiary/aromatic N) is 3. The fourth-order valence-corrected chi connectivity index (χ4v) is 3.89. The van der Waals surface area contributed by atoms with Gasteiger partial charge in [0.05, 0.1) is 30.5 Å². The quantitative estimate of drug-likeness (QED) is 0.490. The molecule has 1 amide bonds. The highest BCUT2D eigenvalue weighted by Gasteiger charge is 2.25. The van der Waals surface area contributed by atoms with Gasteiger partial charge in [-0.3, -0.25) is 14.2 Å². The summed E-state index contributed by atoms with van der Waals surface area (Å²) in [7, 11) is 3.31. The van der Waals surface area contributed by atoms with Crippen molar-refractivity contribution >= 4 is 28.4 Å². The van der Waals surface area contributed by atoms with Gasteiger partial charge in [-0.1, -0.05) is 37.6 Å². The average molecular weight is 456 g/mol. The van der Waals surface area contributed by atoms with E-state index in [2.05, 4.69) is 13.8 Å². The van der Waals surface area contributed by atoms with Gasteiger partial charge in [-0.25, -0.2) is 4.98 Å². The topological polar surface area (TPSA) is 64.4 Å². The minimum atomic E-state index is -0.374. The van der Waals surface area contributed by atoms with Gasteiger partial charge in [0.1, 0.15) is 11.6 Å². The first-order chi connectivity index (χ1) is 15.2. The van der Waals surface area contributed by atoms with E-state index in [4.69, 9.17) is 21.3 Å². The normalized spacial score (nSPS) is 12.2. The number of carbonyl (C=O) groups excluding carboxylic acids is 1. The van der Waals surface area contributed by atoms with Crippen LogP contribution in [-0.2, 0) is 18.3 Å². The molecule has 170 valence electrons. The van der Waals surface area contributed by atoms with E-state index in [0.717, 1.165) is 17.7 Å². The summed E-state index contributed by atoms with van der Waals surface area (Å²) in [5, 5.41) is 1.02. The van der Waals surface area contributed by atoms with E-state index in [-0.39, 0.29) is 23.9 Å². The fourth-order valence-electron chi connectivity index (χ4n) is 3.73. The number of hydrogen-bond donors (Lipinski definition) is 0. The summed E-state index contributed by atoms with van der Waals surface area (Å²) >= 11 is 6.13. The van der Waals surface area contributed by atoms with Crippen molar-refractivity contribution in [2.24, 2.45) is 13.0 Å². The summed E-state index contributed by atoms with van der Waals surface area (Å²) in [4.78, 5) is 32.9. The van der Waals surface area contributed by atoms with Crippen molar-refractivity contribution in [1.29, 1.82) is 0 Å². The van der Waals surface area contributed by atoms with Crippen LogP contribution >= 0.6 is 11.6 Å². The highest BCUT2D eigenvalue weighted by molar-refractivity contribution is 6.31. The second-order valence-corrected chi connectivity index (χ2v) is 8.90. The summed E-state index contributed by atoms with van der Waals surface area (Å²) in [6, 6.07) is 12.2. The monoisotopic (exact) mass is 455 g/mol. The van der Waals surface area contributed by atoms with Gasteiger partial charge in [-0.2, -0.15) is 0 Å². The molecule has 1 atom stereocenters. The van der Waals surface area contributed by atoms with Gasteiger partial charge in [0, 0.05) is 18.6 Å². The third-order valence-electron chi connectivity index (χ3n) is 5.70. The fraction of sp³-hybridized carbons (Fsp3) is 0.400. The van der Waals surface area contributed by atoms with Crippen LogP contribution in [0.5, 0.6) is 5.75 Å². The molecule has 7 heteroatoms. The lowest BCUT2D eigenvalue weighted by atomic mass is 10.1. The third-order valence-corrected chi connectivity index (χ3v) is 5.93. The van der Waals surface area contributed by atoms with Crippen molar-refractivity contribution < 1.29 is 9.53 Å². The minimum absolute atomic E-state index is 0.0104. The molecule has 0 radical (unpaired) electrons. The van der Waals surface area contributed by atoms with E-state index in [0.29, 0.717) is 34.2 Å². The Morgan fingerprint density at radius 2 is 1.84 bits per heavy atom. The molecule has 3 aromatic rings.